The second-order valence-corrected chi connectivity index (χ2v) is 7.63. The highest BCUT2D eigenvalue weighted by molar-refractivity contribution is 5.79. The molecule has 1 aliphatic carbocycles. The third kappa shape index (κ3) is 4.70. The van der Waals surface area contributed by atoms with Crippen molar-refractivity contribution in [3.05, 3.63) is 101 Å². The van der Waals surface area contributed by atoms with Gasteiger partial charge >= 0.3 is 6.09 Å². The zero-order chi connectivity index (χ0) is 22.3. The van der Waals surface area contributed by atoms with Crippen molar-refractivity contribution in [2.45, 2.75) is 18.8 Å². The van der Waals surface area contributed by atoms with E-state index in [0.29, 0.717) is 18.5 Å². The van der Waals surface area contributed by atoms with Crippen LogP contribution in [0.3, 0.4) is 0 Å². The van der Waals surface area contributed by atoms with Crippen LogP contribution >= 0.6 is 0 Å². The lowest BCUT2D eigenvalue weighted by molar-refractivity contribution is 0.143. The number of carbonyl (C=O) groups excluding carboxylic acids is 1. The Bertz CT molecular complexity index is 1150. The zero-order valence-corrected chi connectivity index (χ0v) is 17.6. The first-order valence-electron chi connectivity index (χ1n) is 10.6. The van der Waals surface area contributed by atoms with Gasteiger partial charge in [0.2, 0.25) is 0 Å². The molecule has 0 unspecified atom stereocenters. The Kier molecular flexibility index (Phi) is 6.62. The highest BCUT2D eigenvalue weighted by atomic mass is 19.1. The number of halogens is 1. The third-order valence-corrected chi connectivity index (χ3v) is 5.57. The minimum atomic E-state index is -0.470. The second-order valence-electron chi connectivity index (χ2n) is 7.63. The molecule has 1 amide bonds. The third-order valence-electron chi connectivity index (χ3n) is 5.57. The predicted octanol–water partition coefficient (Wildman–Crippen LogP) is 5.83. The van der Waals surface area contributed by atoms with Crippen molar-refractivity contribution >= 4 is 12.2 Å². The van der Waals surface area contributed by atoms with Crippen LogP contribution in [0.2, 0.25) is 0 Å². The first kappa shape index (κ1) is 21.3. The van der Waals surface area contributed by atoms with Gasteiger partial charge in [-0.1, -0.05) is 66.7 Å². The lowest BCUT2D eigenvalue weighted by Crippen LogP contribution is -2.26. The van der Waals surface area contributed by atoms with Crippen LogP contribution in [0.1, 0.15) is 34.6 Å². The Morgan fingerprint density at radius 1 is 1.06 bits per heavy atom. The number of hydrogen-bond acceptors (Lipinski definition) is 3. The van der Waals surface area contributed by atoms with Crippen molar-refractivity contribution in [3.8, 4) is 17.2 Å². The van der Waals surface area contributed by atoms with Crippen LogP contribution in [0.4, 0.5) is 9.18 Å². The quantitative estimate of drug-likeness (QED) is 0.483. The van der Waals surface area contributed by atoms with Crippen LogP contribution < -0.4 is 5.32 Å². The molecular weight excluding hydrogens is 403 g/mol. The molecule has 0 aliphatic heterocycles. The molecule has 0 fully saturated rings. The predicted molar refractivity (Wildman–Crippen MR) is 122 cm³/mol. The van der Waals surface area contributed by atoms with Crippen molar-refractivity contribution in [3.63, 3.8) is 0 Å². The van der Waals surface area contributed by atoms with Crippen LogP contribution in [-0.2, 0) is 11.2 Å². The summed E-state index contributed by atoms with van der Waals surface area (Å²) < 4.78 is 19.4. The maximum absolute atomic E-state index is 13.9. The number of ether oxygens (including phenoxy) is 1. The van der Waals surface area contributed by atoms with Gasteiger partial charge in [-0.3, -0.25) is 0 Å². The number of nitrogens with one attached hydrogen (secondary N) is 1. The standard InChI is InChI=1S/C27H23FN2O2/c28-26-13-12-19(14-15-29)17-20(26)7-5-6-16-30-27(31)32-18-25-23-10-3-1-8-21(23)22-9-2-4-11-24(22)25/h1-5,7-13,17,25H,6,14,16,18H2,(H,30,31). The van der Waals surface area contributed by atoms with Gasteiger partial charge in [0.15, 0.2) is 0 Å². The largest absolute Gasteiger partial charge is 0.449 e. The normalized spacial score (nSPS) is 12.2. The highest BCUT2D eigenvalue weighted by Crippen LogP contribution is 2.44. The van der Waals surface area contributed by atoms with Crippen LogP contribution in [0, 0.1) is 17.1 Å². The minimum absolute atomic E-state index is 0.0247. The lowest BCUT2D eigenvalue weighted by atomic mass is 9.98. The van der Waals surface area contributed by atoms with Gasteiger partial charge in [-0.25, -0.2) is 9.18 Å². The number of carbonyl (C=O) groups is 1. The number of nitrogens with zero attached hydrogens (tertiary/aromatic N) is 1. The summed E-state index contributed by atoms with van der Waals surface area (Å²) in [6, 6.07) is 23.1. The topological polar surface area (TPSA) is 62.1 Å². The monoisotopic (exact) mass is 426 g/mol. The molecular formula is C27H23FN2O2. The summed E-state index contributed by atoms with van der Waals surface area (Å²) in [6.07, 6.45) is 3.76. The summed E-state index contributed by atoms with van der Waals surface area (Å²) in [5.74, 6) is -0.316. The van der Waals surface area contributed by atoms with Gasteiger partial charge < -0.3 is 10.1 Å². The molecule has 160 valence electrons. The number of benzene rings is 3. The molecule has 4 rings (SSSR count). The van der Waals surface area contributed by atoms with E-state index in [2.05, 4.69) is 35.7 Å². The van der Waals surface area contributed by atoms with Crippen molar-refractivity contribution in [2.75, 3.05) is 13.2 Å². The van der Waals surface area contributed by atoms with Crippen LogP contribution in [0.25, 0.3) is 17.2 Å². The number of rotatable bonds is 7. The van der Waals surface area contributed by atoms with E-state index in [9.17, 15) is 9.18 Å². The Hall–Kier alpha value is -3.91. The maximum atomic E-state index is 13.9. The number of alkyl carbamates (subject to hydrolysis) is 1. The summed E-state index contributed by atoms with van der Waals surface area (Å²) in [6.45, 7) is 0.652. The Labute approximate surface area is 187 Å². The minimum Gasteiger partial charge on any atom is -0.449 e. The van der Waals surface area contributed by atoms with E-state index in [-0.39, 0.29) is 24.8 Å². The Morgan fingerprint density at radius 2 is 1.75 bits per heavy atom. The van der Waals surface area contributed by atoms with Crippen LogP contribution in [0.15, 0.2) is 72.8 Å². The van der Waals surface area contributed by atoms with Crippen molar-refractivity contribution in [1.82, 2.24) is 5.32 Å². The number of hydrogen-bond donors (Lipinski definition) is 1. The van der Waals surface area contributed by atoms with E-state index < -0.39 is 6.09 Å². The molecule has 0 aromatic heterocycles. The van der Waals surface area contributed by atoms with Gasteiger partial charge in [0.25, 0.3) is 0 Å². The molecule has 0 atom stereocenters. The van der Waals surface area contributed by atoms with Gasteiger partial charge in [0.1, 0.15) is 12.4 Å². The van der Waals surface area contributed by atoms with E-state index in [1.807, 2.05) is 24.3 Å². The van der Waals surface area contributed by atoms with Crippen molar-refractivity contribution < 1.29 is 13.9 Å². The molecule has 4 nitrogen and oxygen atoms in total. The summed E-state index contributed by atoms with van der Waals surface area (Å²) in [5.41, 5.74) is 5.92. The summed E-state index contributed by atoms with van der Waals surface area (Å²) in [7, 11) is 0. The highest BCUT2D eigenvalue weighted by Gasteiger charge is 2.28. The number of nitriles is 1. The molecule has 0 bridgehead atoms. The first-order valence-corrected chi connectivity index (χ1v) is 10.6. The molecule has 1 aliphatic rings. The van der Waals surface area contributed by atoms with E-state index in [1.54, 1.807) is 24.3 Å². The van der Waals surface area contributed by atoms with Crippen LogP contribution in [0.5, 0.6) is 0 Å². The molecule has 32 heavy (non-hydrogen) atoms. The van der Waals surface area contributed by atoms with Crippen molar-refractivity contribution in [2.24, 2.45) is 0 Å². The van der Waals surface area contributed by atoms with E-state index in [4.69, 9.17) is 10.00 Å². The molecule has 0 radical (unpaired) electrons. The van der Waals surface area contributed by atoms with Gasteiger partial charge in [-0.05, 0) is 46.4 Å². The number of amides is 1. The number of fused-ring (bicyclic) bond motifs is 3. The van der Waals surface area contributed by atoms with Gasteiger partial charge in [-0.2, -0.15) is 5.26 Å². The van der Waals surface area contributed by atoms with E-state index >= 15 is 0 Å². The Morgan fingerprint density at radius 3 is 2.44 bits per heavy atom. The average molecular weight is 426 g/mol. The molecule has 0 saturated carbocycles. The molecule has 0 heterocycles. The van der Waals surface area contributed by atoms with E-state index in [0.717, 1.165) is 5.56 Å². The molecule has 5 heteroatoms. The molecule has 3 aromatic carbocycles. The van der Waals surface area contributed by atoms with Gasteiger partial charge in [0.05, 0.1) is 12.5 Å². The van der Waals surface area contributed by atoms with Crippen molar-refractivity contribution in [1.29, 1.82) is 5.26 Å². The Balaban J connectivity index is 1.27. The summed E-state index contributed by atoms with van der Waals surface area (Å²) >= 11 is 0. The van der Waals surface area contributed by atoms with Crippen LogP contribution in [-0.4, -0.2) is 19.2 Å². The molecule has 0 spiro atoms. The molecule has 0 saturated heterocycles. The molecule has 3 aromatic rings. The fourth-order valence-electron chi connectivity index (χ4n) is 4.04. The molecule has 1 N–H and O–H groups in total. The lowest BCUT2D eigenvalue weighted by Gasteiger charge is -2.14. The van der Waals surface area contributed by atoms with Gasteiger partial charge in [-0.15, -0.1) is 0 Å². The summed E-state index contributed by atoms with van der Waals surface area (Å²) in [4.78, 5) is 12.2. The van der Waals surface area contributed by atoms with Gasteiger partial charge in [0, 0.05) is 18.0 Å². The fourth-order valence-corrected chi connectivity index (χ4v) is 4.04. The smallest absolute Gasteiger partial charge is 0.407 e. The second kappa shape index (κ2) is 9.93. The zero-order valence-electron chi connectivity index (χ0n) is 17.6. The average Bonchev–Trinajstić information content (AvgIpc) is 3.13. The first-order chi connectivity index (χ1) is 15.7. The fraction of sp³-hybridized carbons (Fsp3) is 0.185. The SMILES string of the molecule is N#CCc1ccc(F)c(C=CCCNC(=O)OCC2c3ccccc3-c3ccccc32)c1. The maximum Gasteiger partial charge on any atom is 0.407 e. The van der Waals surface area contributed by atoms with E-state index in [1.165, 1.54) is 28.3 Å². The summed E-state index contributed by atoms with van der Waals surface area (Å²) in [5, 5.41) is 11.5.